The Kier molecular flexibility index (Phi) is 3.01. The molecule has 0 heterocycles. The Morgan fingerprint density at radius 2 is 1.68 bits per heavy atom. The molecule has 0 aromatic heterocycles. The molecule has 2 rings (SSSR count). The normalized spacial score (nSPS) is 12.7. The van der Waals surface area contributed by atoms with Crippen molar-refractivity contribution in [2.45, 2.75) is 9.79 Å². The van der Waals surface area contributed by atoms with Crippen molar-refractivity contribution in [1.82, 2.24) is 0 Å². The van der Waals surface area contributed by atoms with Crippen molar-refractivity contribution in [2.24, 2.45) is 0 Å². The SMILES string of the molecule is Nc1c(S(=O)(=O)O)[c]cc2ccc(S(=O)(=O)O)cc12. The van der Waals surface area contributed by atoms with Gasteiger partial charge in [-0.2, -0.15) is 16.8 Å². The minimum absolute atomic E-state index is 0.0708. The van der Waals surface area contributed by atoms with Crippen molar-refractivity contribution in [3.8, 4) is 0 Å². The lowest BCUT2D eigenvalue weighted by Crippen LogP contribution is -2.04. The monoisotopic (exact) mass is 302 g/mol. The summed E-state index contributed by atoms with van der Waals surface area (Å²) >= 11 is 0. The zero-order valence-electron chi connectivity index (χ0n) is 9.23. The molecule has 0 aliphatic heterocycles. The van der Waals surface area contributed by atoms with E-state index in [1.165, 1.54) is 12.1 Å². The number of hydrogen-bond acceptors (Lipinski definition) is 5. The number of nitrogens with two attached hydrogens (primary N) is 1. The Hall–Kier alpha value is -1.68. The van der Waals surface area contributed by atoms with Crippen LogP contribution in [0.15, 0.2) is 34.1 Å². The Balaban J connectivity index is 2.88. The fourth-order valence-corrected chi connectivity index (χ4v) is 2.71. The lowest BCUT2D eigenvalue weighted by atomic mass is 10.1. The number of anilines is 1. The van der Waals surface area contributed by atoms with Crippen LogP contribution in [-0.4, -0.2) is 25.9 Å². The van der Waals surface area contributed by atoms with Gasteiger partial charge in [-0.25, -0.2) is 0 Å². The molecule has 19 heavy (non-hydrogen) atoms. The number of fused-ring (bicyclic) bond motifs is 1. The molecule has 1 radical (unpaired) electrons. The molecule has 0 aliphatic carbocycles. The second kappa shape index (κ2) is 4.17. The zero-order chi connectivity index (χ0) is 14.4. The average Bonchev–Trinajstić information content (AvgIpc) is 2.26. The lowest BCUT2D eigenvalue weighted by molar-refractivity contribution is 0.481. The maximum Gasteiger partial charge on any atom is 0.297 e. The third-order valence-corrected chi connectivity index (χ3v) is 4.18. The summed E-state index contributed by atoms with van der Waals surface area (Å²) in [5.74, 6) is 0. The van der Waals surface area contributed by atoms with Crippen molar-refractivity contribution >= 4 is 36.7 Å². The standard InChI is InChI=1S/C10H8NO6S2/c11-10-8-5-7(18(12,13)14)3-1-6(8)2-4-9(10)19(15,16)17/h1-3,5H,11H2,(H,12,13,14)(H,15,16,17). The van der Waals surface area contributed by atoms with E-state index in [1.807, 2.05) is 0 Å². The van der Waals surface area contributed by atoms with Crippen LogP contribution in [0.3, 0.4) is 0 Å². The number of hydrogen-bond donors (Lipinski definition) is 3. The van der Waals surface area contributed by atoms with E-state index in [4.69, 9.17) is 14.8 Å². The molecule has 0 aliphatic rings. The van der Waals surface area contributed by atoms with Crippen molar-refractivity contribution in [3.63, 3.8) is 0 Å². The van der Waals surface area contributed by atoms with Crippen LogP contribution in [-0.2, 0) is 20.2 Å². The van der Waals surface area contributed by atoms with Crippen LogP contribution in [0.5, 0.6) is 0 Å². The highest BCUT2D eigenvalue weighted by Gasteiger charge is 2.18. The molecule has 9 heteroatoms. The summed E-state index contributed by atoms with van der Waals surface area (Å²) in [6.07, 6.45) is 0. The van der Waals surface area contributed by atoms with Crippen LogP contribution < -0.4 is 5.73 Å². The third kappa shape index (κ3) is 2.54. The van der Waals surface area contributed by atoms with Gasteiger partial charge in [0.05, 0.1) is 10.6 Å². The number of nitrogen functional groups attached to an aromatic ring is 1. The molecule has 2 aromatic carbocycles. The van der Waals surface area contributed by atoms with E-state index in [2.05, 4.69) is 6.07 Å². The molecule has 0 saturated heterocycles. The van der Waals surface area contributed by atoms with Gasteiger partial charge in [0.1, 0.15) is 4.90 Å². The molecule has 0 fully saturated rings. The highest BCUT2D eigenvalue weighted by atomic mass is 32.2. The fraction of sp³-hybridized carbons (Fsp3) is 0. The van der Waals surface area contributed by atoms with E-state index in [0.717, 1.165) is 12.1 Å². The number of benzene rings is 2. The first-order valence-electron chi connectivity index (χ1n) is 4.79. The first kappa shape index (κ1) is 13.7. The molecule has 0 unspecified atom stereocenters. The second-order valence-corrected chi connectivity index (χ2v) is 6.51. The van der Waals surface area contributed by atoms with E-state index in [-0.39, 0.29) is 11.1 Å². The van der Waals surface area contributed by atoms with Gasteiger partial charge in [-0.15, -0.1) is 0 Å². The smallest absolute Gasteiger partial charge is 0.297 e. The Morgan fingerprint density at radius 1 is 1.05 bits per heavy atom. The summed E-state index contributed by atoms with van der Waals surface area (Å²) in [5.41, 5.74) is 5.23. The molecule has 0 amide bonds. The molecule has 2 aromatic rings. The van der Waals surface area contributed by atoms with E-state index in [1.54, 1.807) is 0 Å². The summed E-state index contributed by atoms with van der Waals surface area (Å²) in [4.78, 5) is -1.08. The summed E-state index contributed by atoms with van der Waals surface area (Å²) in [6, 6.07) is 7.03. The molecule has 7 nitrogen and oxygen atoms in total. The predicted octanol–water partition coefficient (Wildman–Crippen LogP) is 0.716. The van der Waals surface area contributed by atoms with E-state index in [9.17, 15) is 16.8 Å². The van der Waals surface area contributed by atoms with Gasteiger partial charge in [0.25, 0.3) is 20.2 Å². The highest BCUT2D eigenvalue weighted by molar-refractivity contribution is 7.86. The van der Waals surface area contributed by atoms with Gasteiger partial charge in [0.2, 0.25) is 0 Å². The molecule has 101 valence electrons. The highest BCUT2D eigenvalue weighted by Crippen LogP contribution is 2.29. The van der Waals surface area contributed by atoms with Gasteiger partial charge in [-0.05, 0) is 23.6 Å². The van der Waals surface area contributed by atoms with E-state index >= 15 is 0 Å². The molecule has 0 spiro atoms. The average molecular weight is 302 g/mol. The van der Waals surface area contributed by atoms with Crippen LogP contribution >= 0.6 is 0 Å². The summed E-state index contributed by atoms with van der Waals surface area (Å²) < 4.78 is 62.0. The Morgan fingerprint density at radius 3 is 2.21 bits per heavy atom. The number of rotatable bonds is 2. The molecule has 0 atom stereocenters. The van der Waals surface area contributed by atoms with Crippen LogP contribution in [0.4, 0.5) is 5.69 Å². The van der Waals surface area contributed by atoms with Gasteiger partial charge in [0, 0.05) is 11.5 Å². The predicted molar refractivity (Wildman–Crippen MR) is 66.8 cm³/mol. The molecular formula is C10H8NO6S2. The Labute approximate surface area is 109 Å². The van der Waals surface area contributed by atoms with Crippen LogP contribution in [0.25, 0.3) is 10.8 Å². The van der Waals surface area contributed by atoms with Crippen LogP contribution in [0.2, 0.25) is 0 Å². The largest absolute Gasteiger partial charge is 0.397 e. The van der Waals surface area contributed by atoms with E-state index in [0.29, 0.717) is 5.39 Å². The van der Waals surface area contributed by atoms with Gasteiger partial charge < -0.3 is 5.73 Å². The van der Waals surface area contributed by atoms with Gasteiger partial charge in [0.15, 0.2) is 0 Å². The van der Waals surface area contributed by atoms with Gasteiger partial charge >= 0.3 is 0 Å². The third-order valence-electron chi connectivity index (χ3n) is 2.47. The van der Waals surface area contributed by atoms with Gasteiger partial charge in [-0.3, -0.25) is 9.11 Å². The first-order chi connectivity index (χ1) is 8.60. The molecule has 0 bridgehead atoms. The molecular weight excluding hydrogens is 294 g/mol. The lowest BCUT2D eigenvalue weighted by Gasteiger charge is -2.07. The summed E-state index contributed by atoms with van der Waals surface area (Å²) in [6.45, 7) is 0. The van der Waals surface area contributed by atoms with Crippen molar-refractivity contribution in [2.75, 3.05) is 5.73 Å². The minimum atomic E-state index is -4.57. The maximum atomic E-state index is 11.1. The topological polar surface area (TPSA) is 135 Å². The summed E-state index contributed by atoms with van der Waals surface area (Å²) in [7, 11) is -9.00. The van der Waals surface area contributed by atoms with Gasteiger partial charge in [-0.1, -0.05) is 6.07 Å². The zero-order valence-corrected chi connectivity index (χ0v) is 10.9. The van der Waals surface area contributed by atoms with Crippen molar-refractivity contribution in [3.05, 3.63) is 30.3 Å². The maximum absolute atomic E-state index is 11.1. The van der Waals surface area contributed by atoms with Crippen LogP contribution in [0.1, 0.15) is 0 Å². The molecule has 4 N–H and O–H groups in total. The minimum Gasteiger partial charge on any atom is -0.397 e. The summed E-state index contributed by atoms with van der Waals surface area (Å²) in [5, 5.41) is 0.485. The first-order valence-corrected chi connectivity index (χ1v) is 7.67. The Bertz CT molecular complexity index is 865. The molecule has 0 saturated carbocycles. The van der Waals surface area contributed by atoms with E-state index < -0.39 is 30.0 Å². The van der Waals surface area contributed by atoms with Crippen molar-refractivity contribution in [1.29, 1.82) is 0 Å². The fourth-order valence-electron chi connectivity index (χ4n) is 1.61. The van der Waals surface area contributed by atoms with Crippen molar-refractivity contribution < 1.29 is 25.9 Å². The quantitative estimate of drug-likeness (QED) is 0.549. The van der Waals surface area contributed by atoms with Crippen LogP contribution in [0, 0.1) is 6.07 Å². The second-order valence-electron chi connectivity index (χ2n) is 3.73.